The minimum Gasteiger partial charge on any atom is -0.495 e. The molecule has 0 aliphatic carbocycles. The van der Waals surface area contributed by atoms with Gasteiger partial charge >= 0.3 is 6.09 Å². The molecule has 0 fully saturated rings. The Balaban J connectivity index is 1.78. The van der Waals surface area contributed by atoms with E-state index in [2.05, 4.69) is 20.5 Å². The summed E-state index contributed by atoms with van der Waals surface area (Å²) in [6.07, 6.45) is 4.52. The number of methoxy groups -OCH3 is 1. The molecule has 0 aliphatic heterocycles. The highest BCUT2D eigenvalue weighted by Crippen LogP contribution is 2.37. The topological polar surface area (TPSA) is 122 Å². The Bertz CT molecular complexity index is 1300. The smallest absolute Gasteiger partial charge is 0.412 e. The van der Waals surface area contributed by atoms with Gasteiger partial charge in [-0.2, -0.15) is 10.2 Å². The fourth-order valence-corrected chi connectivity index (χ4v) is 3.42. The van der Waals surface area contributed by atoms with Gasteiger partial charge in [0.15, 0.2) is 5.82 Å². The molecule has 10 nitrogen and oxygen atoms in total. The molecule has 0 saturated heterocycles. The first-order valence-electron chi connectivity index (χ1n) is 9.96. The second-order valence-electron chi connectivity index (χ2n) is 8.29. The van der Waals surface area contributed by atoms with E-state index in [0.29, 0.717) is 22.8 Å². The number of carbonyl (C=O) groups is 1. The van der Waals surface area contributed by atoms with Gasteiger partial charge < -0.3 is 15.2 Å². The molecule has 0 bridgehead atoms. The molecule has 166 valence electrons. The molecule has 0 radical (unpaired) electrons. The van der Waals surface area contributed by atoms with Gasteiger partial charge in [0.05, 0.1) is 24.7 Å². The van der Waals surface area contributed by atoms with Crippen molar-refractivity contribution in [2.24, 2.45) is 7.05 Å². The first-order chi connectivity index (χ1) is 15.2. The predicted octanol–water partition coefficient (Wildman–Crippen LogP) is 3.73. The van der Waals surface area contributed by atoms with Crippen LogP contribution in [0.5, 0.6) is 5.75 Å². The number of aryl methyl sites for hydroxylation is 1. The number of benzene rings is 1. The zero-order chi connectivity index (χ0) is 23.0. The van der Waals surface area contributed by atoms with Crippen LogP contribution in [-0.4, -0.2) is 43.2 Å². The summed E-state index contributed by atoms with van der Waals surface area (Å²) in [6, 6.07) is 7.42. The van der Waals surface area contributed by atoms with Crippen LogP contribution in [0.2, 0.25) is 0 Å². The number of carbonyl (C=O) groups excluding carboxylic acids is 1. The summed E-state index contributed by atoms with van der Waals surface area (Å²) in [5.41, 5.74) is 10.1. The van der Waals surface area contributed by atoms with E-state index in [4.69, 9.17) is 15.2 Å². The van der Waals surface area contributed by atoms with Crippen LogP contribution in [0.3, 0.4) is 0 Å². The molecular formula is C22H25N7O3. The van der Waals surface area contributed by atoms with Crippen molar-refractivity contribution in [3.05, 3.63) is 43.0 Å². The van der Waals surface area contributed by atoms with Crippen LogP contribution >= 0.6 is 0 Å². The van der Waals surface area contributed by atoms with Gasteiger partial charge in [-0.1, -0.05) is 6.07 Å². The van der Waals surface area contributed by atoms with Crippen molar-refractivity contribution >= 4 is 23.1 Å². The standard InChI is InChI=1S/C22H25N7O3/c1-22(2,3)32-21(30)27-16-7-6-13(8-18(16)31-5)15-9-17(14-10-25-28(4)11-14)29-19(15)20(23)24-12-26-29/h6-12H,1-5H3,(H,27,30)(H2,23,24,26). The zero-order valence-electron chi connectivity index (χ0n) is 18.6. The molecule has 3 aromatic heterocycles. The maximum atomic E-state index is 12.2. The summed E-state index contributed by atoms with van der Waals surface area (Å²) in [6.45, 7) is 5.41. The molecule has 3 heterocycles. The summed E-state index contributed by atoms with van der Waals surface area (Å²) < 4.78 is 14.3. The molecule has 4 rings (SSSR count). The average Bonchev–Trinajstić information content (AvgIpc) is 3.31. The molecule has 1 amide bonds. The third-order valence-electron chi connectivity index (χ3n) is 4.73. The summed E-state index contributed by atoms with van der Waals surface area (Å²) >= 11 is 0. The van der Waals surface area contributed by atoms with Crippen LogP contribution in [0.15, 0.2) is 43.0 Å². The lowest BCUT2D eigenvalue weighted by atomic mass is 10.1. The third-order valence-corrected chi connectivity index (χ3v) is 4.73. The van der Waals surface area contributed by atoms with Crippen molar-refractivity contribution in [2.75, 3.05) is 18.2 Å². The van der Waals surface area contributed by atoms with Crippen molar-refractivity contribution in [2.45, 2.75) is 26.4 Å². The number of ether oxygens (including phenoxy) is 2. The minimum absolute atomic E-state index is 0.347. The Labute approximate surface area is 185 Å². The zero-order valence-corrected chi connectivity index (χ0v) is 18.6. The fourth-order valence-electron chi connectivity index (χ4n) is 3.42. The third kappa shape index (κ3) is 4.07. The number of hydrogen-bond donors (Lipinski definition) is 2. The molecule has 0 aliphatic rings. The SMILES string of the molecule is COc1cc(-c2cc(-c3cnn(C)c3)n3ncnc(N)c23)ccc1NC(=O)OC(C)(C)C. The van der Waals surface area contributed by atoms with E-state index in [1.165, 1.54) is 13.4 Å². The number of rotatable bonds is 4. The molecule has 4 aromatic rings. The molecule has 0 spiro atoms. The number of fused-ring (bicyclic) bond motifs is 1. The average molecular weight is 435 g/mol. The monoisotopic (exact) mass is 435 g/mol. The highest BCUT2D eigenvalue weighted by molar-refractivity contribution is 5.94. The number of aromatic nitrogens is 5. The summed E-state index contributed by atoms with van der Waals surface area (Å²) in [5.74, 6) is 0.825. The van der Waals surface area contributed by atoms with Crippen LogP contribution in [-0.2, 0) is 11.8 Å². The van der Waals surface area contributed by atoms with Crippen LogP contribution in [0.1, 0.15) is 20.8 Å². The van der Waals surface area contributed by atoms with Crippen molar-refractivity contribution in [1.82, 2.24) is 24.4 Å². The maximum absolute atomic E-state index is 12.2. The molecule has 1 aromatic carbocycles. The molecule has 0 saturated carbocycles. The number of anilines is 2. The minimum atomic E-state index is -0.608. The highest BCUT2D eigenvalue weighted by Gasteiger charge is 2.20. The van der Waals surface area contributed by atoms with Crippen LogP contribution in [0.4, 0.5) is 16.3 Å². The molecule has 32 heavy (non-hydrogen) atoms. The van der Waals surface area contributed by atoms with Gasteiger partial charge in [-0.05, 0) is 44.5 Å². The second-order valence-corrected chi connectivity index (χ2v) is 8.29. The van der Waals surface area contributed by atoms with Crippen LogP contribution in [0, 0.1) is 0 Å². The Kier molecular flexibility index (Phi) is 5.21. The first kappa shape index (κ1) is 21.2. The number of nitrogens with one attached hydrogen (secondary N) is 1. The lowest BCUT2D eigenvalue weighted by Crippen LogP contribution is -2.27. The van der Waals surface area contributed by atoms with E-state index < -0.39 is 11.7 Å². The molecule has 0 atom stereocenters. The fraction of sp³-hybridized carbons (Fsp3) is 0.273. The van der Waals surface area contributed by atoms with Crippen molar-refractivity contribution in [1.29, 1.82) is 0 Å². The number of amides is 1. The predicted molar refractivity (Wildman–Crippen MR) is 121 cm³/mol. The van der Waals surface area contributed by atoms with Crippen molar-refractivity contribution < 1.29 is 14.3 Å². The van der Waals surface area contributed by atoms with Crippen LogP contribution < -0.4 is 15.8 Å². The molecule has 10 heteroatoms. The lowest BCUT2D eigenvalue weighted by Gasteiger charge is -2.20. The Morgan fingerprint density at radius 1 is 1.16 bits per heavy atom. The van der Waals surface area contributed by atoms with Gasteiger partial charge in [0.1, 0.15) is 23.2 Å². The van der Waals surface area contributed by atoms with Gasteiger partial charge in [0.25, 0.3) is 0 Å². The number of hydrogen-bond acceptors (Lipinski definition) is 7. The molecular weight excluding hydrogens is 410 g/mol. The van der Waals surface area contributed by atoms with Gasteiger partial charge in [-0.3, -0.25) is 10.00 Å². The van der Waals surface area contributed by atoms with E-state index in [9.17, 15) is 4.79 Å². The van der Waals surface area contributed by atoms with Gasteiger partial charge in [-0.15, -0.1) is 0 Å². The van der Waals surface area contributed by atoms with E-state index >= 15 is 0 Å². The number of nitrogen functional groups attached to an aromatic ring is 1. The first-order valence-corrected chi connectivity index (χ1v) is 9.96. The Morgan fingerprint density at radius 2 is 1.94 bits per heavy atom. The summed E-state index contributed by atoms with van der Waals surface area (Å²) in [4.78, 5) is 16.4. The van der Waals surface area contributed by atoms with E-state index in [1.807, 2.05) is 31.4 Å². The largest absolute Gasteiger partial charge is 0.495 e. The van der Waals surface area contributed by atoms with E-state index in [1.54, 1.807) is 42.2 Å². The number of nitrogens with zero attached hydrogens (tertiary/aromatic N) is 5. The van der Waals surface area contributed by atoms with Crippen molar-refractivity contribution in [3.8, 4) is 28.1 Å². The normalized spacial score (nSPS) is 11.5. The second kappa shape index (κ2) is 7.88. The Hall–Kier alpha value is -4.08. The van der Waals surface area contributed by atoms with Crippen LogP contribution in [0.25, 0.3) is 27.9 Å². The summed E-state index contributed by atoms with van der Waals surface area (Å²) in [7, 11) is 3.39. The highest BCUT2D eigenvalue weighted by atomic mass is 16.6. The van der Waals surface area contributed by atoms with E-state index in [-0.39, 0.29) is 0 Å². The van der Waals surface area contributed by atoms with Gasteiger partial charge in [0.2, 0.25) is 0 Å². The number of nitrogens with two attached hydrogens (primary N) is 1. The maximum Gasteiger partial charge on any atom is 0.412 e. The van der Waals surface area contributed by atoms with Gasteiger partial charge in [0, 0.05) is 24.4 Å². The van der Waals surface area contributed by atoms with Gasteiger partial charge in [-0.25, -0.2) is 14.3 Å². The molecule has 0 unspecified atom stereocenters. The summed E-state index contributed by atoms with van der Waals surface area (Å²) in [5, 5.41) is 11.4. The Morgan fingerprint density at radius 3 is 2.59 bits per heavy atom. The molecule has 3 N–H and O–H groups in total. The lowest BCUT2D eigenvalue weighted by molar-refractivity contribution is 0.0635. The van der Waals surface area contributed by atoms with Crippen molar-refractivity contribution in [3.63, 3.8) is 0 Å². The quantitative estimate of drug-likeness (QED) is 0.501. The van der Waals surface area contributed by atoms with E-state index in [0.717, 1.165) is 22.4 Å².